The van der Waals surface area contributed by atoms with Gasteiger partial charge in [0.15, 0.2) is 0 Å². The maximum atomic E-state index is 12.9. The summed E-state index contributed by atoms with van der Waals surface area (Å²) in [4.78, 5) is 19.6. The number of ether oxygens (including phenoxy) is 1. The third-order valence-electron chi connectivity index (χ3n) is 7.42. The minimum Gasteiger partial charge on any atom is -0.393 e. The second kappa shape index (κ2) is 8.87. The normalized spacial score (nSPS) is 25.2. The molecular weight excluding hydrogens is 440 g/mol. The predicted octanol–water partition coefficient (Wildman–Crippen LogP) is 3.41. The molecule has 1 spiro atoms. The van der Waals surface area contributed by atoms with Gasteiger partial charge in [0.1, 0.15) is 5.82 Å². The number of halogens is 1. The van der Waals surface area contributed by atoms with E-state index in [9.17, 15) is 9.90 Å². The molecule has 7 nitrogen and oxygen atoms in total. The molecule has 1 amide bonds. The molecular formula is C25H31ClN4O3. The molecule has 1 aliphatic carbocycles. The Balaban J connectivity index is 1.30. The molecule has 4 N–H and O–H groups in total. The molecule has 0 radical (unpaired) electrons. The number of hydrogen-bond donors (Lipinski definition) is 3. The molecule has 8 heteroatoms. The van der Waals surface area contributed by atoms with E-state index >= 15 is 0 Å². The second-order valence-electron chi connectivity index (χ2n) is 9.95. The minimum atomic E-state index is -0.268. The number of rotatable bonds is 5. The Bertz CT molecular complexity index is 1040. The Morgan fingerprint density at radius 3 is 2.64 bits per heavy atom. The zero-order chi connectivity index (χ0) is 23.2. The van der Waals surface area contributed by atoms with Crippen molar-refractivity contribution in [3.8, 4) is 11.1 Å². The van der Waals surface area contributed by atoms with Gasteiger partial charge in [0.25, 0.3) is 5.91 Å². The Labute approximate surface area is 199 Å². The average molecular weight is 471 g/mol. The van der Waals surface area contributed by atoms with E-state index in [0.29, 0.717) is 28.8 Å². The van der Waals surface area contributed by atoms with Gasteiger partial charge in [0, 0.05) is 52.9 Å². The Hall–Kier alpha value is -2.19. The van der Waals surface area contributed by atoms with Gasteiger partial charge >= 0.3 is 0 Å². The molecule has 1 atom stereocenters. The van der Waals surface area contributed by atoms with Crippen molar-refractivity contribution in [3.63, 3.8) is 0 Å². The minimum absolute atomic E-state index is 0.0421. The number of aliphatic hydroxyl groups excluding tert-OH is 1. The number of nitrogen functional groups attached to an aromatic ring is 1. The summed E-state index contributed by atoms with van der Waals surface area (Å²) >= 11 is 6.69. The van der Waals surface area contributed by atoms with E-state index in [4.69, 9.17) is 22.1 Å². The highest BCUT2D eigenvalue weighted by Gasteiger charge is 2.50. The van der Waals surface area contributed by atoms with Crippen molar-refractivity contribution in [2.45, 2.75) is 50.8 Å². The lowest BCUT2D eigenvalue weighted by Gasteiger charge is -2.57. The van der Waals surface area contributed by atoms with Gasteiger partial charge < -0.3 is 20.9 Å². The van der Waals surface area contributed by atoms with Gasteiger partial charge in [-0.1, -0.05) is 23.7 Å². The number of nitrogens with zero attached hydrogens (tertiary/aromatic N) is 2. The van der Waals surface area contributed by atoms with E-state index in [2.05, 4.69) is 28.2 Å². The lowest BCUT2D eigenvalue weighted by Crippen LogP contribution is -2.66. The number of hydrogen-bond acceptors (Lipinski definition) is 6. The topological polar surface area (TPSA) is 101 Å². The number of amides is 1. The van der Waals surface area contributed by atoms with Crippen LogP contribution in [-0.2, 0) is 4.74 Å². The smallest absolute Gasteiger partial charge is 0.255 e. The number of nitrogens with one attached hydrogen (secondary N) is 1. The molecule has 1 aromatic heterocycles. The SMILES string of the molecule is C[C@H](c1ccc(-c2cnc(N)c(C(=O)N[C@H]3CC[C@H](O)CC3)c2)c(Cl)c1)N1CC2(COC2)C1. The van der Waals surface area contributed by atoms with E-state index < -0.39 is 0 Å². The number of aliphatic hydroxyl groups is 1. The van der Waals surface area contributed by atoms with Crippen LogP contribution in [0.1, 0.15) is 54.6 Å². The number of benzene rings is 1. The quantitative estimate of drug-likeness (QED) is 0.619. The van der Waals surface area contributed by atoms with Crippen LogP contribution < -0.4 is 11.1 Å². The standard InChI is InChI=1S/C25H31ClN4O3/c1-15(30-11-25(12-30)13-33-14-25)16-2-7-20(22(26)9-16)17-8-21(23(27)28-10-17)24(32)29-18-3-5-19(31)6-4-18/h2,7-10,15,18-19,31H,3-6,11-14H2,1H3,(H2,27,28)(H,29,32)/t15-,18-,19-/m1/s1. The van der Waals surface area contributed by atoms with Crippen molar-refractivity contribution in [2.75, 3.05) is 32.0 Å². The zero-order valence-electron chi connectivity index (χ0n) is 18.9. The van der Waals surface area contributed by atoms with Gasteiger partial charge in [-0.2, -0.15) is 0 Å². The lowest BCUT2D eigenvalue weighted by molar-refractivity contribution is -0.197. The summed E-state index contributed by atoms with van der Waals surface area (Å²) in [5.74, 6) is -0.0450. The zero-order valence-corrected chi connectivity index (χ0v) is 19.6. The number of pyridine rings is 1. The largest absolute Gasteiger partial charge is 0.393 e. The number of anilines is 1. The molecule has 3 fully saturated rings. The van der Waals surface area contributed by atoms with Crippen molar-refractivity contribution < 1.29 is 14.6 Å². The van der Waals surface area contributed by atoms with Crippen molar-refractivity contribution in [1.82, 2.24) is 15.2 Å². The summed E-state index contributed by atoms with van der Waals surface area (Å²) < 4.78 is 5.38. The number of carbonyl (C=O) groups is 1. The molecule has 1 saturated carbocycles. The third-order valence-corrected chi connectivity index (χ3v) is 7.74. The van der Waals surface area contributed by atoms with Gasteiger partial charge in [-0.15, -0.1) is 0 Å². The molecule has 2 saturated heterocycles. The molecule has 5 rings (SSSR count). The number of likely N-dealkylation sites (tertiary alicyclic amines) is 1. The van der Waals surface area contributed by atoms with Crippen LogP contribution in [0.2, 0.25) is 5.02 Å². The Morgan fingerprint density at radius 2 is 2.00 bits per heavy atom. The highest BCUT2D eigenvalue weighted by atomic mass is 35.5. The molecule has 1 aromatic carbocycles. The fraction of sp³-hybridized carbons (Fsp3) is 0.520. The van der Waals surface area contributed by atoms with Crippen LogP contribution in [0.4, 0.5) is 5.82 Å². The van der Waals surface area contributed by atoms with Crippen molar-refractivity contribution in [2.24, 2.45) is 5.41 Å². The van der Waals surface area contributed by atoms with Crippen LogP contribution in [0.25, 0.3) is 11.1 Å². The molecule has 0 unspecified atom stereocenters. The summed E-state index contributed by atoms with van der Waals surface area (Å²) in [6, 6.07) is 8.18. The van der Waals surface area contributed by atoms with Crippen LogP contribution in [0.15, 0.2) is 30.5 Å². The maximum absolute atomic E-state index is 12.9. The monoisotopic (exact) mass is 470 g/mol. The second-order valence-corrected chi connectivity index (χ2v) is 10.4. The first-order valence-electron chi connectivity index (χ1n) is 11.7. The number of nitrogens with two attached hydrogens (primary N) is 1. The molecule has 2 aliphatic heterocycles. The number of aromatic nitrogens is 1. The van der Waals surface area contributed by atoms with Crippen LogP contribution in [0.5, 0.6) is 0 Å². The van der Waals surface area contributed by atoms with Crippen molar-refractivity contribution in [1.29, 1.82) is 0 Å². The fourth-order valence-corrected chi connectivity index (χ4v) is 5.48. The van der Waals surface area contributed by atoms with Gasteiger partial charge in [-0.3, -0.25) is 9.69 Å². The van der Waals surface area contributed by atoms with E-state index in [0.717, 1.165) is 50.3 Å². The Morgan fingerprint density at radius 1 is 1.27 bits per heavy atom. The van der Waals surface area contributed by atoms with Crippen LogP contribution in [-0.4, -0.2) is 59.3 Å². The highest BCUT2D eigenvalue weighted by Crippen LogP contribution is 2.42. The average Bonchev–Trinajstić information content (AvgIpc) is 2.73. The summed E-state index contributed by atoms with van der Waals surface area (Å²) in [5, 5.41) is 13.3. The highest BCUT2D eigenvalue weighted by molar-refractivity contribution is 6.33. The van der Waals surface area contributed by atoms with Crippen LogP contribution in [0, 0.1) is 5.41 Å². The first kappa shape index (κ1) is 22.6. The van der Waals surface area contributed by atoms with E-state index in [1.807, 2.05) is 12.1 Å². The van der Waals surface area contributed by atoms with Gasteiger partial charge in [0.2, 0.25) is 0 Å². The van der Waals surface area contributed by atoms with Crippen LogP contribution >= 0.6 is 11.6 Å². The van der Waals surface area contributed by atoms with E-state index in [1.165, 1.54) is 5.56 Å². The molecule has 2 aromatic rings. The van der Waals surface area contributed by atoms with Crippen LogP contribution in [0.3, 0.4) is 0 Å². The summed E-state index contributed by atoms with van der Waals surface area (Å²) in [6.07, 6.45) is 4.31. The van der Waals surface area contributed by atoms with Gasteiger partial charge in [-0.25, -0.2) is 4.98 Å². The first-order valence-corrected chi connectivity index (χ1v) is 12.1. The number of carbonyl (C=O) groups excluding carboxylic acids is 1. The molecule has 33 heavy (non-hydrogen) atoms. The predicted molar refractivity (Wildman–Crippen MR) is 128 cm³/mol. The van der Waals surface area contributed by atoms with E-state index in [1.54, 1.807) is 12.3 Å². The molecule has 176 valence electrons. The van der Waals surface area contributed by atoms with Gasteiger partial charge in [-0.05, 0) is 50.3 Å². The lowest BCUT2D eigenvalue weighted by atomic mass is 9.76. The molecule has 3 aliphatic rings. The van der Waals surface area contributed by atoms with Crippen molar-refractivity contribution in [3.05, 3.63) is 46.6 Å². The maximum Gasteiger partial charge on any atom is 0.255 e. The van der Waals surface area contributed by atoms with E-state index in [-0.39, 0.29) is 29.9 Å². The first-order chi connectivity index (χ1) is 15.8. The molecule has 0 bridgehead atoms. The third kappa shape index (κ3) is 4.47. The Kier molecular flexibility index (Phi) is 6.07. The molecule has 3 heterocycles. The summed E-state index contributed by atoms with van der Waals surface area (Å²) in [7, 11) is 0. The summed E-state index contributed by atoms with van der Waals surface area (Å²) in [5.41, 5.74) is 9.50. The summed E-state index contributed by atoms with van der Waals surface area (Å²) in [6.45, 7) is 6.08. The van der Waals surface area contributed by atoms with Crippen molar-refractivity contribution >= 4 is 23.3 Å². The fourth-order valence-electron chi connectivity index (χ4n) is 5.19. The van der Waals surface area contributed by atoms with Gasteiger partial charge in [0.05, 0.1) is 24.9 Å².